The molecule has 1 heterocycles. The second-order valence-electron chi connectivity index (χ2n) is 7.60. The maximum atomic E-state index is 13.1. The highest BCUT2D eigenvalue weighted by atomic mass is 32.2. The van der Waals surface area contributed by atoms with E-state index >= 15 is 0 Å². The van der Waals surface area contributed by atoms with Gasteiger partial charge in [0, 0.05) is 25.3 Å². The molecule has 0 aliphatic heterocycles. The largest absolute Gasteiger partial charge is 0.299 e. The van der Waals surface area contributed by atoms with Gasteiger partial charge in [0.25, 0.3) is 0 Å². The van der Waals surface area contributed by atoms with E-state index in [1.54, 1.807) is 24.3 Å². The van der Waals surface area contributed by atoms with Gasteiger partial charge in [0.15, 0.2) is 15.6 Å². The lowest BCUT2D eigenvalue weighted by Crippen LogP contribution is -2.18. The molecule has 0 N–H and O–H groups in total. The fourth-order valence-corrected chi connectivity index (χ4v) is 5.26. The monoisotopic (exact) mass is 419 g/mol. The van der Waals surface area contributed by atoms with E-state index in [1.165, 1.54) is 43.6 Å². The van der Waals surface area contributed by atoms with Crippen molar-refractivity contribution in [2.75, 3.05) is 6.26 Å². The molecule has 1 atom stereocenters. The van der Waals surface area contributed by atoms with Crippen molar-refractivity contribution < 1.29 is 18.0 Å². The predicted molar refractivity (Wildman–Crippen MR) is 110 cm³/mol. The number of hydrogen-bond acceptors (Lipinski definition) is 6. The number of nitrogens with zero attached hydrogens (tertiary/aromatic N) is 1. The third-order valence-electron chi connectivity index (χ3n) is 5.37. The molecule has 1 aliphatic rings. The van der Waals surface area contributed by atoms with Crippen LogP contribution in [0.3, 0.4) is 0 Å². The summed E-state index contributed by atoms with van der Waals surface area (Å²) in [7, 11) is -3.27. The molecule has 1 aromatic carbocycles. The summed E-state index contributed by atoms with van der Waals surface area (Å²) in [5.41, 5.74) is 0.854. The van der Waals surface area contributed by atoms with Gasteiger partial charge in [-0.15, -0.1) is 11.3 Å². The molecular weight excluding hydrogens is 394 g/mol. The van der Waals surface area contributed by atoms with Gasteiger partial charge < -0.3 is 0 Å². The van der Waals surface area contributed by atoms with Crippen LogP contribution in [0.4, 0.5) is 0 Å². The van der Waals surface area contributed by atoms with Crippen molar-refractivity contribution in [3.8, 4) is 0 Å². The molecule has 0 unspecified atom stereocenters. The maximum Gasteiger partial charge on any atom is 0.175 e. The molecule has 2 aromatic rings. The smallest absolute Gasteiger partial charge is 0.175 e. The van der Waals surface area contributed by atoms with Gasteiger partial charge in [-0.05, 0) is 30.0 Å². The SMILES string of the molecule is CC(=O)c1cnc(CC(=O)[C@H](CC2CCCC2)c2ccc(S(C)(=O)=O)cc2)s1. The van der Waals surface area contributed by atoms with Gasteiger partial charge >= 0.3 is 0 Å². The lowest BCUT2D eigenvalue weighted by Gasteiger charge is -2.20. The Kier molecular flexibility index (Phi) is 6.45. The lowest BCUT2D eigenvalue weighted by molar-refractivity contribution is -0.120. The number of sulfone groups is 1. The van der Waals surface area contributed by atoms with Crippen molar-refractivity contribution in [3.63, 3.8) is 0 Å². The normalized spacial score (nSPS) is 16.2. The molecule has 1 saturated carbocycles. The zero-order chi connectivity index (χ0) is 20.3. The fraction of sp³-hybridized carbons (Fsp3) is 0.476. The second kappa shape index (κ2) is 8.66. The topological polar surface area (TPSA) is 81.2 Å². The minimum atomic E-state index is -3.27. The summed E-state index contributed by atoms with van der Waals surface area (Å²) in [4.78, 5) is 29.7. The summed E-state index contributed by atoms with van der Waals surface area (Å²) < 4.78 is 23.4. The molecular formula is C21H25NO4S2. The first-order valence-corrected chi connectivity index (χ1v) is 12.2. The maximum absolute atomic E-state index is 13.1. The Morgan fingerprint density at radius 3 is 2.36 bits per heavy atom. The number of carbonyl (C=O) groups is 2. The van der Waals surface area contributed by atoms with Crippen LogP contribution in [0.2, 0.25) is 0 Å². The van der Waals surface area contributed by atoms with Crippen molar-refractivity contribution in [2.24, 2.45) is 5.92 Å². The average Bonchev–Trinajstić information content (AvgIpc) is 3.30. The first-order chi connectivity index (χ1) is 13.2. The summed E-state index contributed by atoms with van der Waals surface area (Å²) in [6.07, 6.45) is 8.36. The number of Topliss-reactive ketones (excluding diaryl/α,β-unsaturated/α-hetero) is 2. The van der Waals surface area contributed by atoms with Gasteiger partial charge in [-0.1, -0.05) is 37.8 Å². The van der Waals surface area contributed by atoms with Crippen molar-refractivity contribution >= 4 is 32.7 Å². The van der Waals surface area contributed by atoms with E-state index in [2.05, 4.69) is 4.98 Å². The Hall–Kier alpha value is -1.86. The van der Waals surface area contributed by atoms with Gasteiger partial charge in [0.05, 0.1) is 16.2 Å². The van der Waals surface area contributed by atoms with E-state index in [0.717, 1.165) is 24.8 Å². The standard InChI is InChI=1S/C21H25NO4S2/c1-14(23)20-13-22-21(27-20)12-19(24)18(11-15-5-3-4-6-15)16-7-9-17(10-8-16)28(2,25)26/h7-10,13,15,18H,3-6,11-12H2,1-2H3/t18-/m1/s1. The van der Waals surface area contributed by atoms with Gasteiger partial charge in [-0.25, -0.2) is 13.4 Å². The third kappa shape index (κ3) is 5.14. The van der Waals surface area contributed by atoms with E-state index in [1.807, 2.05) is 0 Å². The number of hydrogen-bond donors (Lipinski definition) is 0. The highest BCUT2D eigenvalue weighted by Gasteiger charge is 2.27. The van der Waals surface area contributed by atoms with E-state index in [0.29, 0.717) is 15.8 Å². The number of thiazole rings is 1. The third-order valence-corrected chi connectivity index (χ3v) is 7.60. The summed E-state index contributed by atoms with van der Waals surface area (Å²) in [6.45, 7) is 1.49. The fourth-order valence-electron chi connectivity index (χ4n) is 3.81. The number of benzene rings is 1. The van der Waals surface area contributed by atoms with E-state index in [9.17, 15) is 18.0 Å². The summed E-state index contributed by atoms with van der Waals surface area (Å²) in [6, 6.07) is 6.68. The first kappa shape index (κ1) is 20.9. The van der Waals surface area contributed by atoms with Crippen LogP contribution in [0.5, 0.6) is 0 Å². The number of aromatic nitrogens is 1. The highest BCUT2D eigenvalue weighted by molar-refractivity contribution is 7.90. The van der Waals surface area contributed by atoms with Crippen LogP contribution in [0.1, 0.15) is 65.2 Å². The summed E-state index contributed by atoms with van der Waals surface area (Å²) in [5, 5.41) is 0.652. The van der Waals surface area contributed by atoms with E-state index in [-0.39, 0.29) is 28.8 Å². The Morgan fingerprint density at radius 2 is 1.82 bits per heavy atom. The molecule has 0 bridgehead atoms. The van der Waals surface area contributed by atoms with E-state index in [4.69, 9.17) is 0 Å². The van der Waals surface area contributed by atoms with Gasteiger partial charge in [-0.2, -0.15) is 0 Å². The highest BCUT2D eigenvalue weighted by Crippen LogP contribution is 2.35. The van der Waals surface area contributed by atoms with Crippen LogP contribution in [0, 0.1) is 5.92 Å². The molecule has 1 fully saturated rings. The second-order valence-corrected chi connectivity index (χ2v) is 10.7. The number of carbonyl (C=O) groups excluding carboxylic acids is 2. The van der Waals surface area contributed by atoms with Crippen LogP contribution in [-0.4, -0.2) is 31.2 Å². The summed E-state index contributed by atoms with van der Waals surface area (Å²) in [5.74, 6) is 0.271. The number of rotatable bonds is 8. The molecule has 5 nitrogen and oxygen atoms in total. The lowest BCUT2D eigenvalue weighted by atomic mass is 9.84. The molecule has 0 radical (unpaired) electrons. The molecule has 0 amide bonds. The Bertz CT molecular complexity index is 955. The molecule has 28 heavy (non-hydrogen) atoms. The minimum absolute atomic E-state index is 0.0462. The van der Waals surface area contributed by atoms with Gasteiger partial charge in [0.1, 0.15) is 10.8 Å². The average molecular weight is 420 g/mol. The minimum Gasteiger partial charge on any atom is -0.299 e. The molecule has 150 valence electrons. The molecule has 1 aromatic heterocycles. The quantitative estimate of drug-likeness (QED) is 0.598. The van der Waals surface area contributed by atoms with Crippen LogP contribution in [0.25, 0.3) is 0 Å². The molecule has 0 saturated heterocycles. The predicted octanol–water partition coefficient (Wildman–Crippen LogP) is 4.22. The summed E-state index contributed by atoms with van der Waals surface area (Å²) >= 11 is 1.27. The van der Waals surface area contributed by atoms with Crippen LogP contribution >= 0.6 is 11.3 Å². The zero-order valence-electron chi connectivity index (χ0n) is 16.2. The van der Waals surface area contributed by atoms with Crippen molar-refractivity contribution in [3.05, 3.63) is 45.9 Å². The Labute approximate surface area is 170 Å². The van der Waals surface area contributed by atoms with Crippen molar-refractivity contribution in [1.29, 1.82) is 0 Å². The Balaban J connectivity index is 1.82. The number of ketones is 2. The van der Waals surface area contributed by atoms with Crippen molar-refractivity contribution in [2.45, 2.75) is 56.3 Å². The zero-order valence-corrected chi connectivity index (χ0v) is 17.8. The van der Waals surface area contributed by atoms with Crippen LogP contribution in [-0.2, 0) is 21.1 Å². The van der Waals surface area contributed by atoms with Crippen LogP contribution < -0.4 is 0 Å². The molecule has 0 spiro atoms. The van der Waals surface area contributed by atoms with Crippen LogP contribution in [0.15, 0.2) is 35.4 Å². The van der Waals surface area contributed by atoms with Gasteiger partial charge in [0.2, 0.25) is 0 Å². The van der Waals surface area contributed by atoms with E-state index < -0.39 is 9.84 Å². The Morgan fingerprint density at radius 1 is 1.18 bits per heavy atom. The van der Waals surface area contributed by atoms with Crippen molar-refractivity contribution in [1.82, 2.24) is 4.98 Å². The molecule has 1 aliphatic carbocycles. The first-order valence-electron chi connectivity index (χ1n) is 9.52. The molecule has 7 heteroatoms. The van der Waals surface area contributed by atoms with Gasteiger partial charge in [-0.3, -0.25) is 9.59 Å². The molecule has 3 rings (SSSR count).